The number of aliphatic hydroxyl groups is 2. The molecule has 1 aliphatic rings. The van der Waals surface area contributed by atoms with E-state index in [9.17, 15) is 28.2 Å². The maximum atomic E-state index is 12.9. The summed E-state index contributed by atoms with van der Waals surface area (Å²) in [5, 5.41) is 20.6. The smallest absolute Gasteiger partial charge is 0.385 e. The predicted octanol–water partition coefficient (Wildman–Crippen LogP) is 2.63. The van der Waals surface area contributed by atoms with Crippen molar-refractivity contribution in [1.29, 1.82) is 0 Å². The van der Waals surface area contributed by atoms with Crippen molar-refractivity contribution in [1.82, 2.24) is 4.90 Å². The molecule has 1 aromatic rings. The Morgan fingerprint density at radius 3 is 2.56 bits per heavy atom. The molecule has 4 nitrogen and oxygen atoms in total. The van der Waals surface area contributed by atoms with Gasteiger partial charge in [-0.2, -0.15) is 24.9 Å². The molecule has 1 heterocycles. The molecule has 25 heavy (non-hydrogen) atoms. The second-order valence-corrected chi connectivity index (χ2v) is 7.22. The number of hydrogen-bond acceptors (Lipinski definition) is 4. The number of amides is 1. The Kier molecular flexibility index (Phi) is 6.40. The van der Waals surface area contributed by atoms with Crippen molar-refractivity contribution < 1.29 is 28.2 Å². The van der Waals surface area contributed by atoms with Crippen LogP contribution in [0.15, 0.2) is 24.3 Å². The van der Waals surface area contributed by atoms with Gasteiger partial charge in [0.15, 0.2) is 0 Å². The Balaban J connectivity index is 2.04. The molecule has 1 aliphatic heterocycles. The van der Waals surface area contributed by atoms with E-state index >= 15 is 0 Å². The molecule has 0 radical (unpaired) electrons. The summed E-state index contributed by atoms with van der Waals surface area (Å²) < 4.78 is 38.6. The van der Waals surface area contributed by atoms with Crippen molar-refractivity contribution in [3.05, 3.63) is 35.4 Å². The minimum atomic E-state index is -4.47. The number of benzene rings is 1. The maximum absolute atomic E-state index is 12.9. The van der Waals surface area contributed by atoms with Gasteiger partial charge >= 0.3 is 6.18 Å². The molecule has 8 heteroatoms. The van der Waals surface area contributed by atoms with Crippen LogP contribution >= 0.6 is 11.8 Å². The molecule has 2 N–H and O–H groups in total. The third kappa shape index (κ3) is 4.89. The van der Waals surface area contributed by atoms with Crippen molar-refractivity contribution in [2.24, 2.45) is 0 Å². The van der Waals surface area contributed by atoms with Gasteiger partial charge in [0, 0.05) is 13.1 Å². The first-order valence-corrected chi connectivity index (χ1v) is 9.43. The highest BCUT2D eigenvalue weighted by Crippen LogP contribution is 2.36. The van der Waals surface area contributed by atoms with Gasteiger partial charge in [-0.15, -0.1) is 0 Å². The molecule has 0 aromatic heterocycles. The van der Waals surface area contributed by atoms with E-state index in [1.165, 1.54) is 28.8 Å². The number of piperidine rings is 1. The van der Waals surface area contributed by atoms with E-state index in [1.54, 1.807) is 0 Å². The van der Waals surface area contributed by atoms with Crippen LogP contribution in [0.1, 0.15) is 30.4 Å². The van der Waals surface area contributed by atoms with Crippen LogP contribution in [0.3, 0.4) is 0 Å². The van der Waals surface area contributed by atoms with Crippen molar-refractivity contribution in [2.45, 2.75) is 37.1 Å². The van der Waals surface area contributed by atoms with E-state index in [2.05, 4.69) is 0 Å². The Morgan fingerprint density at radius 1 is 1.36 bits per heavy atom. The predicted molar refractivity (Wildman–Crippen MR) is 90.2 cm³/mol. The monoisotopic (exact) mass is 377 g/mol. The number of hydrogen-bond donors (Lipinski definition) is 2. The zero-order valence-electron chi connectivity index (χ0n) is 13.9. The molecule has 0 aliphatic carbocycles. The van der Waals surface area contributed by atoms with Crippen LogP contribution < -0.4 is 0 Å². The minimum Gasteiger partial charge on any atom is -0.385 e. The minimum absolute atomic E-state index is 0.134. The van der Waals surface area contributed by atoms with Gasteiger partial charge in [0.1, 0.15) is 6.10 Å². The van der Waals surface area contributed by atoms with E-state index in [0.29, 0.717) is 12.2 Å². The lowest BCUT2D eigenvalue weighted by atomic mass is 9.83. The zero-order chi connectivity index (χ0) is 18.7. The van der Waals surface area contributed by atoms with E-state index in [4.69, 9.17) is 0 Å². The molecular formula is C17H22F3NO3S. The molecule has 0 bridgehead atoms. The molecule has 1 unspecified atom stereocenters. The average molecular weight is 377 g/mol. The van der Waals surface area contributed by atoms with Crippen LogP contribution in [0, 0.1) is 0 Å². The molecule has 1 fully saturated rings. The van der Waals surface area contributed by atoms with Gasteiger partial charge in [0.25, 0.3) is 5.91 Å². The zero-order valence-corrected chi connectivity index (χ0v) is 14.7. The van der Waals surface area contributed by atoms with Crippen LogP contribution in [-0.4, -0.2) is 52.2 Å². The fraction of sp³-hybridized carbons (Fsp3) is 0.588. The summed E-state index contributed by atoms with van der Waals surface area (Å²) in [7, 11) is 0. The summed E-state index contributed by atoms with van der Waals surface area (Å²) in [6.07, 6.45) is -3.04. The van der Waals surface area contributed by atoms with Crippen molar-refractivity contribution in [3.63, 3.8) is 0 Å². The molecule has 1 atom stereocenters. The molecule has 1 saturated heterocycles. The largest absolute Gasteiger partial charge is 0.416 e. The van der Waals surface area contributed by atoms with Gasteiger partial charge in [-0.05, 0) is 49.0 Å². The van der Waals surface area contributed by atoms with E-state index < -0.39 is 23.4 Å². The third-order valence-corrected chi connectivity index (χ3v) is 5.15. The highest BCUT2D eigenvalue weighted by atomic mass is 32.2. The maximum Gasteiger partial charge on any atom is 0.416 e. The topological polar surface area (TPSA) is 60.8 Å². The first-order valence-electron chi connectivity index (χ1n) is 8.03. The van der Waals surface area contributed by atoms with Crippen molar-refractivity contribution >= 4 is 17.7 Å². The van der Waals surface area contributed by atoms with E-state index in [0.717, 1.165) is 12.1 Å². The Hall–Kier alpha value is -1.25. The van der Waals surface area contributed by atoms with Gasteiger partial charge in [0.2, 0.25) is 0 Å². The van der Waals surface area contributed by atoms with Gasteiger partial charge in [-0.25, -0.2) is 0 Å². The number of halogens is 3. The van der Waals surface area contributed by atoms with Gasteiger partial charge in [-0.3, -0.25) is 4.79 Å². The van der Waals surface area contributed by atoms with Crippen molar-refractivity contribution in [2.75, 3.05) is 25.1 Å². The Bertz CT molecular complexity index is 601. The SMILES string of the molecule is CSCCC(O)C(=O)N1CCC(O)(c2cccc(C(F)(F)F)c2)CC1. The molecule has 1 aromatic carbocycles. The lowest BCUT2D eigenvalue weighted by molar-refractivity contribution is -0.144. The summed E-state index contributed by atoms with van der Waals surface area (Å²) in [5.74, 6) is 0.273. The molecule has 0 saturated carbocycles. The van der Waals surface area contributed by atoms with Gasteiger partial charge in [-0.1, -0.05) is 12.1 Å². The summed E-state index contributed by atoms with van der Waals surface area (Å²) in [5.41, 5.74) is -2.00. The number of thioether (sulfide) groups is 1. The van der Waals surface area contributed by atoms with Crippen LogP contribution in [0.5, 0.6) is 0 Å². The van der Waals surface area contributed by atoms with Crippen LogP contribution in [0.25, 0.3) is 0 Å². The molecule has 1 amide bonds. The summed E-state index contributed by atoms with van der Waals surface area (Å²) in [4.78, 5) is 13.6. The number of nitrogens with zero attached hydrogens (tertiary/aromatic N) is 1. The van der Waals surface area contributed by atoms with Gasteiger partial charge < -0.3 is 15.1 Å². The van der Waals surface area contributed by atoms with E-state index in [-0.39, 0.29) is 37.4 Å². The standard InChI is InChI=1S/C17H22F3NO3S/c1-25-10-5-14(22)15(23)21-8-6-16(24,7-9-21)12-3-2-4-13(11-12)17(18,19)20/h2-4,11,14,22,24H,5-10H2,1H3. The summed E-state index contributed by atoms with van der Waals surface area (Å²) in [6, 6.07) is 4.68. The molecule has 140 valence electrons. The van der Waals surface area contributed by atoms with Crippen molar-refractivity contribution in [3.8, 4) is 0 Å². The second kappa shape index (κ2) is 7.97. The molecular weight excluding hydrogens is 355 g/mol. The lowest BCUT2D eigenvalue weighted by Gasteiger charge is -2.39. The van der Waals surface area contributed by atoms with Crippen LogP contribution in [0.4, 0.5) is 13.2 Å². The number of alkyl halides is 3. The quantitative estimate of drug-likeness (QED) is 0.828. The number of rotatable bonds is 5. The van der Waals surface area contributed by atoms with Crippen LogP contribution in [-0.2, 0) is 16.6 Å². The highest BCUT2D eigenvalue weighted by molar-refractivity contribution is 7.98. The van der Waals surface area contributed by atoms with Crippen LogP contribution in [0.2, 0.25) is 0 Å². The molecule has 2 rings (SSSR count). The first kappa shape index (κ1) is 20.1. The first-order chi connectivity index (χ1) is 11.7. The second-order valence-electron chi connectivity index (χ2n) is 6.23. The fourth-order valence-corrected chi connectivity index (χ4v) is 3.39. The number of likely N-dealkylation sites (tertiary alicyclic amines) is 1. The average Bonchev–Trinajstić information content (AvgIpc) is 2.59. The Morgan fingerprint density at radius 2 is 2.00 bits per heavy atom. The number of carbonyl (C=O) groups excluding carboxylic acids is 1. The highest BCUT2D eigenvalue weighted by Gasteiger charge is 2.38. The summed E-state index contributed by atoms with van der Waals surface area (Å²) in [6.45, 7) is 0.393. The van der Waals surface area contributed by atoms with E-state index in [1.807, 2.05) is 6.26 Å². The van der Waals surface area contributed by atoms with Gasteiger partial charge in [0.05, 0.1) is 11.2 Å². The molecule has 0 spiro atoms. The normalized spacial score (nSPS) is 18.9. The lowest BCUT2D eigenvalue weighted by Crippen LogP contribution is -2.48. The number of carbonyl (C=O) groups is 1. The fourth-order valence-electron chi connectivity index (χ4n) is 2.93. The third-order valence-electron chi connectivity index (χ3n) is 4.51. The Labute approximate surface area is 149 Å². The number of aliphatic hydroxyl groups excluding tert-OH is 1. The summed E-state index contributed by atoms with van der Waals surface area (Å²) >= 11 is 1.53.